The maximum Gasteiger partial charge on any atom is 0.276 e. The smallest absolute Gasteiger partial charge is 0.276 e. The molecule has 3 rings (SSSR count). The second-order valence-electron chi connectivity index (χ2n) is 5.87. The lowest BCUT2D eigenvalue weighted by Crippen LogP contribution is -2.49. The minimum atomic E-state index is -0.472. The van der Waals surface area contributed by atoms with Crippen LogP contribution in [0.25, 0.3) is 16.8 Å². The summed E-state index contributed by atoms with van der Waals surface area (Å²) in [6, 6.07) is 12.9. The standard InChI is InChI=1S/C20H15Br2N3O4S/c21-13-4-6-15-12(10-13)3-7-16(19(15)22)29-11-18(27)24-25-20(30)23-17(26)8-5-14-2-1-9-28-14/h1-10H,11H2,(H,24,27)(H2,23,25,26,30). The number of hydrogen-bond acceptors (Lipinski definition) is 5. The van der Waals surface area contributed by atoms with E-state index in [-0.39, 0.29) is 11.7 Å². The number of benzene rings is 2. The fourth-order valence-corrected chi connectivity index (χ4v) is 3.53. The van der Waals surface area contributed by atoms with Gasteiger partial charge in [-0.15, -0.1) is 0 Å². The first-order chi connectivity index (χ1) is 14.4. The molecule has 0 aliphatic carbocycles. The monoisotopic (exact) mass is 551 g/mol. The van der Waals surface area contributed by atoms with Crippen LogP contribution < -0.4 is 20.9 Å². The van der Waals surface area contributed by atoms with Crippen molar-refractivity contribution < 1.29 is 18.7 Å². The molecule has 1 heterocycles. The molecule has 0 aliphatic rings. The lowest BCUT2D eigenvalue weighted by atomic mass is 10.1. The highest BCUT2D eigenvalue weighted by atomic mass is 79.9. The van der Waals surface area contributed by atoms with Crippen LogP contribution in [0.15, 0.2) is 68.2 Å². The van der Waals surface area contributed by atoms with Gasteiger partial charge in [-0.05, 0) is 75.3 Å². The van der Waals surface area contributed by atoms with Crippen molar-refractivity contribution in [1.29, 1.82) is 0 Å². The highest BCUT2D eigenvalue weighted by Crippen LogP contribution is 2.34. The van der Waals surface area contributed by atoms with Gasteiger partial charge >= 0.3 is 0 Å². The summed E-state index contributed by atoms with van der Waals surface area (Å²) < 4.78 is 12.4. The lowest BCUT2D eigenvalue weighted by Gasteiger charge is -2.12. The number of rotatable bonds is 5. The molecule has 0 saturated carbocycles. The number of amides is 2. The SMILES string of the molecule is O=C(C=Cc1ccco1)NC(=S)NNC(=O)COc1ccc2cc(Br)ccc2c1Br. The summed E-state index contributed by atoms with van der Waals surface area (Å²) >= 11 is 11.9. The Morgan fingerprint density at radius 2 is 1.97 bits per heavy atom. The molecule has 0 unspecified atom stereocenters. The van der Waals surface area contributed by atoms with Crippen LogP contribution in [0, 0.1) is 0 Å². The molecular weight excluding hydrogens is 538 g/mol. The van der Waals surface area contributed by atoms with E-state index in [0.717, 1.165) is 19.7 Å². The molecule has 2 amide bonds. The summed E-state index contributed by atoms with van der Waals surface area (Å²) in [6.07, 6.45) is 4.24. The molecule has 0 fully saturated rings. The molecule has 3 N–H and O–H groups in total. The number of carbonyl (C=O) groups is 2. The van der Waals surface area contributed by atoms with E-state index in [4.69, 9.17) is 21.4 Å². The first kappa shape index (κ1) is 22.0. The number of hydrazine groups is 1. The minimum Gasteiger partial charge on any atom is -0.483 e. The van der Waals surface area contributed by atoms with E-state index >= 15 is 0 Å². The van der Waals surface area contributed by atoms with Gasteiger partial charge in [-0.3, -0.25) is 25.8 Å². The highest BCUT2D eigenvalue weighted by Gasteiger charge is 2.10. The Labute approximate surface area is 194 Å². The van der Waals surface area contributed by atoms with Crippen molar-refractivity contribution >= 4 is 77.9 Å². The Morgan fingerprint density at radius 1 is 1.13 bits per heavy atom. The van der Waals surface area contributed by atoms with Gasteiger partial charge in [0.1, 0.15) is 11.5 Å². The zero-order valence-corrected chi connectivity index (χ0v) is 19.3. The molecule has 1 aromatic heterocycles. The molecule has 0 radical (unpaired) electrons. The summed E-state index contributed by atoms with van der Waals surface area (Å²) in [6.45, 7) is -0.247. The molecule has 3 aromatic rings. The number of fused-ring (bicyclic) bond motifs is 1. The predicted molar refractivity (Wildman–Crippen MR) is 125 cm³/mol. The fraction of sp³-hybridized carbons (Fsp3) is 0.0500. The van der Waals surface area contributed by atoms with Crippen molar-refractivity contribution in [3.8, 4) is 5.75 Å². The molecule has 30 heavy (non-hydrogen) atoms. The van der Waals surface area contributed by atoms with E-state index < -0.39 is 11.8 Å². The minimum absolute atomic E-state index is 0.0603. The number of furan rings is 1. The van der Waals surface area contributed by atoms with Crippen molar-refractivity contribution in [3.63, 3.8) is 0 Å². The van der Waals surface area contributed by atoms with Crippen LogP contribution in [0.1, 0.15) is 5.76 Å². The Balaban J connectivity index is 1.45. The maximum atomic E-state index is 12.0. The second kappa shape index (κ2) is 10.4. The topological polar surface area (TPSA) is 92.6 Å². The van der Waals surface area contributed by atoms with E-state index in [9.17, 15) is 9.59 Å². The molecule has 0 spiro atoms. The summed E-state index contributed by atoms with van der Waals surface area (Å²) in [5.74, 6) is 0.113. The van der Waals surface area contributed by atoms with Gasteiger partial charge in [0.15, 0.2) is 11.7 Å². The number of hydrogen-bond donors (Lipinski definition) is 3. The number of thiocarbonyl (C=S) groups is 1. The zero-order valence-electron chi connectivity index (χ0n) is 15.3. The van der Waals surface area contributed by atoms with Gasteiger partial charge in [-0.2, -0.15) is 0 Å². The normalized spacial score (nSPS) is 10.7. The van der Waals surface area contributed by atoms with E-state index in [1.54, 1.807) is 18.2 Å². The van der Waals surface area contributed by atoms with E-state index in [2.05, 4.69) is 48.0 Å². The fourth-order valence-electron chi connectivity index (χ4n) is 2.39. The van der Waals surface area contributed by atoms with Crippen LogP contribution in [0.3, 0.4) is 0 Å². The molecule has 2 aromatic carbocycles. The van der Waals surface area contributed by atoms with Crippen LogP contribution in [0.5, 0.6) is 5.75 Å². The van der Waals surface area contributed by atoms with Gasteiger partial charge in [0.25, 0.3) is 5.91 Å². The first-order valence-corrected chi connectivity index (χ1v) is 10.5. The van der Waals surface area contributed by atoms with Crippen molar-refractivity contribution in [2.45, 2.75) is 0 Å². The van der Waals surface area contributed by atoms with Crippen molar-refractivity contribution in [3.05, 3.63) is 69.5 Å². The average Bonchev–Trinajstić information content (AvgIpc) is 3.24. The van der Waals surface area contributed by atoms with E-state index in [1.165, 1.54) is 18.4 Å². The molecule has 0 aliphatic heterocycles. The molecule has 0 atom stereocenters. The Bertz CT molecular complexity index is 1120. The Morgan fingerprint density at radius 3 is 2.73 bits per heavy atom. The number of carbonyl (C=O) groups excluding carboxylic acids is 2. The largest absolute Gasteiger partial charge is 0.483 e. The summed E-state index contributed by atoms with van der Waals surface area (Å²) in [4.78, 5) is 23.7. The van der Waals surface area contributed by atoms with E-state index in [0.29, 0.717) is 11.5 Å². The van der Waals surface area contributed by atoms with Gasteiger partial charge < -0.3 is 9.15 Å². The van der Waals surface area contributed by atoms with Crippen LogP contribution in [0.4, 0.5) is 0 Å². The van der Waals surface area contributed by atoms with Gasteiger partial charge in [0.05, 0.1) is 10.7 Å². The third kappa shape index (κ3) is 6.15. The Hall–Kier alpha value is -2.69. The summed E-state index contributed by atoms with van der Waals surface area (Å²) in [5, 5.41) is 4.31. The molecule has 7 nitrogen and oxygen atoms in total. The number of halogens is 2. The molecule has 154 valence electrons. The molecule has 0 bridgehead atoms. The van der Waals surface area contributed by atoms with Crippen LogP contribution in [0.2, 0.25) is 0 Å². The third-order valence-corrected chi connectivity index (χ3v) is 5.25. The van der Waals surface area contributed by atoms with Crippen LogP contribution >= 0.6 is 44.1 Å². The second-order valence-corrected chi connectivity index (χ2v) is 7.99. The number of nitrogens with one attached hydrogen (secondary N) is 3. The average molecular weight is 553 g/mol. The van der Waals surface area contributed by atoms with Crippen molar-refractivity contribution in [2.75, 3.05) is 6.61 Å². The first-order valence-electron chi connectivity index (χ1n) is 8.54. The highest BCUT2D eigenvalue weighted by molar-refractivity contribution is 9.11. The molecule has 0 saturated heterocycles. The van der Waals surface area contributed by atoms with Gasteiger partial charge in [-0.1, -0.05) is 28.1 Å². The van der Waals surface area contributed by atoms with Crippen LogP contribution in [-0.4, -0.2) is 23.5 Å². The Kier molecular flexibility index (Phi) is 7.61. The summed E-state index contributed by atoms with van der Waals surface area (Å²) in [5.41, 5.74) is 4.80. The van der Waals surface area contributed by atoms with Gasteiger partial charge in [0, 0.05) is 10.5 Å². The van der Waals surface area contributed by atoms with Crippen molar-refractivity contribution in [2.24, 2.45) is 0 Å². The molecular formula is C20H15Br2N3O4S. The third-order valence-electron chi connectivity index (χ3n) is 3.73. The number of ether oxygens (including phenoxy) is 1. The quantitative estimate of drug-likeness (QED) is 0.251. The van der Waals surface area contributed by atoms with Gasteiger partial charge in [0.2, 0.25) is 5.91 Å². The van der Waals surface area contributed by atoms with Crippen molar-refractivity contribution in [1.82, 2.24) is 16.2 Å². The summed E-state index contributed by atoms with van der Waals surface area (Å²) in [7, 11) is 0. The van der Waals surface area contributed by atoms with Crippen LogP contribution in [-0.2, 0) is 9.59 Å². The maximum absolute atomic E-state index is 12.0. The lowest BCUT2D eigenvalue weighted by molar-refractivity contribution is -0.123. The van der Waals surface area contributed by atoms with E-state index in [1.807, 2.05) is 24.3 Å². The molecule has 10 heteroatoms. The predicted octanol–water partition coefficient (Wildman–Crippen LogP) is 4.07. The zero-order chi connectivity index (χ0) is 21.5. The van der Waals surface area contributed by atoms with Gasteiger partial charge in [-0.25, -0.2) is 0 Å².